The largest absolute Gasteiger partial charge is 0.480 e. The number of carboxylic acid groups (broad SMARTS) is 1. The molecule has 0 atom stereocenters. The summed E-state index contributed by atoms with van der Waals surface area (Å²) in [5, 5.41) is 12.1. The third-order valence-corrected chi connectivity index (χ3v) is 4.58. The summed E-state index contributed by atoms with van der Waals surface area (Å²) in [7, 11) is 0. The number of rotatable bonds is 3. The standard InChI is InChI=1S/C11H17NO3S/c13-9(8-2-1-3-8)12-11(10(14)15)4-6-16-7-5-11/h8H,1-7H2,(H,12,13)(H,14,15). The van der Waals surface area contributed by atoms with E-state index in [2.05, 4.69) is 5.32 Å². The Kier molecular flexibility index (Phi) is 3.42. The highest BCUT2D eigenvalue weighted by Gasteiger charge is 2.42. The van der Waals surface area contributed by atoms with Gasteiger partial charge in [-0.25, -0.2) is 4.79 Å². The monoisotopic (exact) mass is 243 g/mol. The SMILES string of the molecule is O=C(NC1(C(=O)O)CCSCC1)C1CCC1. The predicted octanol–water partition coefficient (Wildman–Crippen LogP) is 1.25. The first-order valence-electron chi connectivity index (χ1n) is 5.77. The highest BCUT2D eigenvalue weighted by molar-refractivity contribution is 7.99. The summed E-state index contributed by atoms with van der Waals surface area (Å²) < 4.78 is 0. The molecule has 1 aliphatic carbocycles. The molecule has 0 aromatic carbocycles. The normalized spacial score (nSPS) is 24.5. The van der Waals surface area contributed by atoms with Crippen LogP contribution in [0.3, 0.4) is 0 Å². The fourth-order valence-corrected chi connectivity index (χ4v) is 3.31. The summed E-state index contributed by atoms with van der Waals surface area (Å²) in [6.07, 6.45) is 4.01. The van der Waals surface area contributed by atoms with Gasteiger partial charge in [0.15, 0.2) is 0 Å². The number of carbonyl (C=O) groups excluding carboxylic acids is 1. The Morgan fingerprint density at radius 2 is 1.88 bits per heavy atom. The van der Waals surface area contributed by atoms with Gasteiger partial charge in [0.2, 0.25) is 5.91 Å². The molecule has 16 heavy (non-hydrogen) atoms. The van der Waals surface area contributed by atoms with Crippen LogP contribution >= 0.6 is 11.8 Å². The van der Waals surface area contributed by atoms with E-state index in [1.54, 1.807) is 11.8 Å². The lowest BCUT2D eigenvalue weighted by atomic mass is 9.83. The van der Waals surface area contributed by atoms with Crippen molar-refractivity contribution in [2.45, 2.75) is 37.6 Å². The van der Waals surface area contributed by atoms with Crippen molar-refractivity contribution in [2.24, 2.45) is 5.92 Å². The van der Waals surface area contributed by atoms with E-state index in [1.165, 1.54) is 0 Å². The number of amides is 1. The molecular formula is C11H17NO3S. The highest BCUT2D eigenvalue weighted by atomic mass is 32.2. The maximum Gasteiger partial charge on any atom is 0.329 e. The zero-order valence-corrected chi connectivity index (χ0v) is 10.0. The van der Waals surface area contributed by atoms with Crippen LogP contribution in [0.15, 0.2) is 0 Å². The molecule has 0 spiro atoms. The van der Waals surface area contributed by atoms with E-state index in [0.717, 1.165) is 30.8 Å². The van der Waals surface area contributed by atoms with E-state index in [4.69, 9.17) is 0 Å². The van der Waals surface area contributed by atoms with E-state index in [1.807, 2.05) is 0 Å². The molecule has 5 heteroatoms. The van der Waals surface area contributed by atoms with E-state index in [9.17, 15) is 14.7 Å². The van der Waals surface area contributed by atoms with Crippen molar-refractivity contribution in [3.8, 4) is 0 Å². The van der Waals surface area contributed by atoms with Crippen molar-refractivity contribution in [2.75, 3.05) is 11.5 Å². The second kappa shape index (κ2) is 4.65. The maximum absolute atomic E-state index is 11.8. The van der Waals surface area contributed by atoms with Crippen LogP contribution in [0.5, 0.6) is 0 Å². The molecule has 2 fully saturated rings. The number of carboxylic acids is 1. The lowest BCUT2D eigenvalue weighted by molar-refractivity contribution is -0.149. The zero-order chi connectivity index (χ0) is 11.6. The van der Waals surface area contributed by atoms with Crippen LogP contribution in [0.25, 0.3) is 0 Å². The predicted molar refractivity (Wildman–Crippen MR) is 62.4 cm³/mol. The summed E-state index contributed by atoms with van der Waals surface area (Å²) in [6.45, 7) is 0. The van der Waals surface area contributed by atoms with Crippen molar-refractivity contribution in [1.29, 1.82) is 0 Å². The third-order valence-electron chi connectivity index (χ3n) is 3.59. The lowest BCUT2D eigenvalue weighted by Gasteiger charge is -2.36. The van der Waals surface area contributed by atoms with Gasteiger partial charge >= 0.3 is 5.97 Å². The van der Waals surface area contributed by atoms with Gasteiger partial charge in [-0.05, 0) is 37.2 Å². The van der Waals surface area contributed by atoms with Crippen molar-refractivity contribution in [3.63, 3.8) is 0 Å². The molecule has 0 bridgehead atoms. The minimum absolute atomic E-state index is 0.0550. The summed E-state index contributed by atoms with van der Waals surface area (Å²) in [6, 6.07) is 0. The molecule has 4 nitrogen and oxygen atoms in total. The van der Waals surface area contributed by atoms with E-state index >= 15 is 0 Å². The number of thioether (sulfide) groups is 1. The zero-order valence-electron chi connectivity index (χ0n) is 9.20. The molecule has 0 aromatic rings. The Bertz CT molecular complexity index is 296. The average Bonchev–Trinajstić information content (AvgIpc) is 2.15. The first kappa shape index (κ1) is 11.8. The Hall–Kier alpha value is -0.710. The molecule has 1 saturated carbocycles. The van der Waals surface area contributed by atoms with Crippen molar-refractivity contribution in [1.82, 2.24) is 5.32 Å². The first-order chi connectivity index (χ1) is 7.64. The van der Waals surface area contributed by atoms with Gasteiger partial charge in [0.1, 0.15) is 5.54 Å². The van der Waals surface area contributed by atoms with Crippen LogP contribution in [0, 0.1) is 5.92 Å². The molecule has 1 amide bonds. The minimum Gasteiger partial charge on any atom is -0.480 e. The molecular weight excluding hydrogens is 226 g/mol. The van der Waals surface area contributed by atoms with E-state index in [0.29, 0.717) is 12.8 Å². The topological polar surface area (TPSA) is 66.4 Å². The average molecular weight is 243 g/mol. The quantitative estimate of drug-likeness (QED) is 0.783. The smallest absolute Gasteiger partial charge is 0.329 e. The van der Waals surface area contributed by atoms with Crippen LogP contribution in [0.2, 0.25) is 0 Å². The van der Waals surface area contributed by atoms with Gasteiger partial charge in [-0.2, -0.15) is 11.8 Å². The number of hydrogen-bond acceptors (Lipinski definition) is 3. The second-order valence-corrected chi connectivity index (χ2v) is 5.84. The maximum atomic E-state index is 11.8. The van der Waals surface area contributed by atoms with Gasteiger partial charge in [-0.1, -0.05) is 6.42 Å². The minimum atomic E-state index is -0.988. The molecule has 0 radical (unpaired) electrons. The van der Waals surface area contributed by atoms with Gasteiger partial charge in [-0.15, -0.1) is 0 Å². The Labute approximate surface area is 99.2 Å². The Morgan fingerprint density at radius 1 is 1.25 bits per heavy atom. The number of hydrogen-bond donors (Lipinski definition) is 2. The fourth-order valence-electron chi connectivity index (χ4n) is 2.12. The van der Waals surface area contributed by atoms with Crippen molar-refractivity contribution >= 4 is 23.6 Å². The first-order valence-corrected chi connectivity index (χ1v) is 6.93. The number of carbonyl (C=O) groups is 2. The highest BCUT2D eigenvalue weighted by Crippen LogP contribution is 2.31. The fraction of sp³-hybridized carbons (Fsp3) is 0.818. The molecule has 1 aliphatic heterocycles. The van der Waals surface area contributed by atoms with Crippen LogP contribution in [-0.2, 0) is 9.59 Å². The molecule has 2 rings (SSSR count). The molecule has 1 saturated heterocycles. The lowest BCUT2D eigenvalue weighted by Crippen LogP contribution is -2.58. The van der Waals surface area contributed by atoms with Gasteiger partial charge in [0.25, 0.3) is 0 Å². The number of nitrogens with one attached hydrogen (secondary N) is 1. The second-order valence-electron chi connectivity index (χ2n) is 4.62. The molecule has 0 aromatic heterocycles. The summed E-state index contributed by atoms with van der Waals surface area (Å²) in [4.78, 5) is 23.1. The van der Waals surface area contributed by atoms with E-state index < -0.39 is 11.5 Å². The molecule has 0 unspecified atom stereocenters. The molecule has 90 valence electrons. The van der Waals surface area contributed by atoms with Crippen LogP contribution in [-0.4, -0.2) is 34.0 Å². The van der Waals surface area contributed by atoms with Gasteiger partial charge in [0.05, 0.1) is 0 Å². The van der Waals surface area contributed by atoms with Crippen molar-refractivity contribution in [3.05, 3.63) is 0 Å². The molecule has 1 heterocycles. The van der Waals surface area contributed by atoms with Gasteiger partial charge in [-0.3, -0.25) is 4.79 Å². The Balaban J connectivity index is 2.01. The Morgan fingerprint density at radius 3 is 2.31 bits per heavy atom. The third kappa shape index (κ3) is 2.19. The van der Waals surface area contributed by atoms with Crippen LogP contribution < -0.4 is 5.32 Å². The van der Waals surface area contributed by atoms with Crippen LogP contribution in [0.1, 0.15) is 32.1 Å². The summed E-state index contributed by atoms with van der Waals surface area (Å²) >= 11 is 1.76. The molecule has 2 aliphatic rings. The van der Waals surface area contributed by atoms with Crippen molar-refractivity contribution < 1.29 is 14.7 Å². The van der Waals surface area contributed by atoms with Gasteiger partial charge < -0.3 is 10.4 Å². The summed E-state index contributed by atoms with van der Waals surface area (Å²) in [5.41, 5.74) is -0.988. The number of aliphatic carboxylic acids is 1. The van der Waals surface area contributed by atoms with Gasteiger partial charge in [0, 0.05) is 5.92 Å². The summed E-state index contributed by atoms with van der Waals surface area (Å²) in [5.74, 6) is 0.765. The van der Waals surface area contributed by atoms with E-state index in [-0.39, 0.29) is 11.8 Å². The molecule has 2 N–H and O–H groups in total. The van der Waals surface area contributed by atoms with Crippen LogP contribution in [0.4, 0.5) is 0 Å².